The van der Waals surface area contributed by atoms with Gasteiger partial charge in [0.1, 0.15) is 97.6 Å². The van der Waals surface area contributed by atoms with Gasteiger partial charge >= 0.3 is 0 Å². The number of hydrogen-bond donors (Lipinski definition) is 14. The molecule has 0 aromatic rings. The number of ether oxygens (including phenoxy) is 7. The van der Waals surface area contributed by atoms with E-state index < -0.39 is 155 Å². The smallest absolute Gasteiger partial charge is 0.217 e. The van der Waals surface area contributed by atoms with Crippen LogP contribution in [-0.4, -0.2) is 221 Å². The molecule has 4 heterocycles. The van der Waals surface area contributed by atoms with Gasteiger partial charge in [0.25, 0.3) is 0 Å². The predicted molar refractivity (Wildman–Crippen MR) is 145 cm³/mol. The number of amides is 1. The minimum atomic E-state index is -2.06. The van der Waals surface area contributed by atoms with E-state index in [2.05, 4.69) is 5.32 Å². The molecule has 4 aliphatic rings. The molecule has 14 N–H and O–H groups in total. The molecular formula is C26H45NO21. The molecule has 280 valence electrons. The van der Waals surface area contributed by atoms with Gasteiger partial charge in [-0.25, -0.2) is 0 Å². The fourth-order valence-corrected chi connectivity index (χ4v) is 5.84. The number of rotatable bonds is 11. The third kappa shape index (κ3) is 8.24. The molecule has 0 saturated carbocycles. The van der Waals surface area contributed by atoms with Crippen molar-refractivity contribution in [2.75, 3.05) is 26.4 Å². The van der Waals surface area contributed by atoms with Gasteiger partial charge < -0.3 is 105 Å². The quantitative estimate of drug-likeness (QED) is 0.0947. The van der Waals surface area contributed by atoms with Crippen LogP contribution in [0.1, 0.15) is 6.92 Å². The molecule has 1 amide bonds. The Bertz CT molecular complexity index is 1030. The Balaban J connectivity index is 1.59. The maximum absolute atomic E-state index is 11.8. The zero-order chi connectivity index (χ0) is 35.6. The summed E-state index contributed by atoms with van der Waals surface area (Å²) >= 11 is 0. The van der Waals surface area contributed by atoms with Crippen LogP contribution in [0.25, 0.3) is 0 Å². The van der Waals surface area contributed by atoms with Crippen LogP contribution in [0, 0.1) is 0 Å². The van der Waals surface area contributed by atoms with Crippen molar-refractivity contribution < 1.29 is 104 Å². The number of nitrogens with one attached hydrogen (secondary N) is 1. The van der Waals surface area contributed by atoms with E-state index in [1.807, 2.05) is 0 Å². The van der Waals surface area contributed by atoms with Crippen LogP contribution in [0.4, 0.5) is 0 Å². The highest BCUT2D eigenvalue weighted by Gasteiger charge is 2.54. The highest BCUT2D eigenvalue weighted by Crippen LogP contribution is 2.33. The third-order valence-electron chi connectivity index (χ3n) is 8.59. The summed E-state index contributed by atoms with van der Waals surface area (Å²) in [5.74, 6) is -0.663. The topological polar surface area (TPSA) is 357 Å². The van der Waals surface area contributed by atoms with Crippen LogP contribution < -0.4 is 5.32 Å². The van der Waals surface area contributed by atoms with Crippen molar-refractivity contribution in [3.05, 3.63) is 0 Å². The Morgan fingerprint density at radius 3 is 1.65 bits per heavy atom. The SMILES string of the molecule is CC(=O)N[C@H]1[C@H](OC[C@H]2O[C@@H](O[C@H]3[C@H](O)[C@@H](O)C(O)O[C@@H]3CO)[C@H](O)[C@@H](O[C@@H]3O[C@H](CO)[C@H](O)[C@H](O)[C@H]3O)[C@H]2O)O[C@H](CO)[C@@H](O)[C@@H]1O. The first-order chi connectivity index (χ1) is 22.6. The van der Waals surface area contributed by atoms with E-state index in [0.29, 0.717) is 0 Å². The molecule has 4 aliphatic heterocycles. The first kappa shape index (κ1) is 39.5. The molecule has 48 heavy (non-hydrogen) atoms. The van der Waals surface area contributed by atoms with Crippen molar-refractivity contribution in [3.8, 4) is 0 Å². The van der Waals surface area contributed by atoms with E-state index in [9.17, 15) is 71.2 Å². The summed E-state index contributed by atoms with van der Waals surface area (Å²) in [6, 6.07) is -1.41. The van der Waals surface area contributed by atoms with Gasteiger partial charge in [0, 0.05) is 6.92 Å². The van der Waals surface area contributed by atoms with Gasteiger partial charge in [0.05, 0.1) is 26.4 Å². The molecule has 0 spiro atoms. The second-order valence-electron chi connectivity index (χ2n) is 11.9. The predicted octanol–water partition coefficient (Wildman–Crippen LogP) is -9.61. The van der Waals surface area contributed by atoms with Crippen LogP contribution in [0.15, 0.2) is 0 Å². The Morgan fingerprint density at radius 2 is 1.06 bits per heavy atom. The molecule has 22 heteroatoms. The van der Waals surface area contributed by atoms with Crippen LogP contribution in [0.5, 0.6) is 0 Å². The molecule has 20 atom stereocenters. The van der Waals surface area contributed by atoms with E-state index in [0.717, 1.165) is 6.92 Å². The third-order valence-corrected chi connectivity index (χ3v) is 8.59. The molecule has 0 aromatic heterocycles. The second-order valence-corrected chi connectivity index (χ2v) is 11.9. The van der Waals surface area contributed by atoms with Crippen molar-refractivity contribution in [1.82, 2.24) is 5.32 Å². The fraction of sp³-hybridized carbons (Fsp3) is 0.962. The number of aliphatic hydroxyl groups excluding tert-OH is 13. The number of carbonyl (C=O) groups excluding carboxylic acids is 1. The summed E-state index contributed by atoms with van der Waals surface area (Å²) in [4.78, 5) is 11.8. The average molecular weight is 708 g/mol. The summed E-state index contributed by atoms with van der Waals surface area (Å²) < 4.78 is 38.5. The highest BCUT2D eigenvalue weighted by molar-refractivity contribution is 5.73. The Hall–Kier alpha value is -1.33. The van der Waals surface area contributed by atoms with E-state index >= 15 is 0 Å². The Kier molecular flexibility index (Phi) is 13.8. The van der Waals surface area contributed by atoms with Gasteiger partial charge in [-0.15, -0.1) is 0 Å². The van der Waals surface area contributed by atoms with Crippen LogP contribution in [-0.2, 0) is 38.0 Å². The highest BCUT2D eigenvalue weighted by atomic mass is 16.8. The lowest BCUT2D eigenvalue weighted by atomic mass is 9.95. The van der Waals surface area contributed by atoms with Gasteiger partial charge in [0.15, 0.2) is 25.2 Å². The van der Waals surface area contributed by atoms with E-state index in [1.165, 1.54) is 0 Å². The maximum Gasteiger partial charge on any atom is 0.217 e. The molecular weight excluding hydrogens is 662 g/mol. The number of carbonyl (C=O) groups is 1. The van der Waals surface area contributed by atoms with Gasteiger partial charge in [0.2, 0.25) is 5.91 Å². The van der Waals surface area contributed by atoms with Gasteiger partial charge in [-0.2, -0.15) is 0 Å². The van der Waals surface area contributed by atoms with E-state index in [-0.39, 0.29) is 0 Å². The van der Waals surface area contributed by atoms with Crippen molar-refractivity contribution in [2.45, 2.75) is 130 Å². The minimum absolute atomic E-state index is 0.663. The van der Waals surface area contributed by atoms with Crippen molar-refractivity contribution >= 4 is 5.91 Å². The summed E-state index contributed by atoms with van der Waals surface area (Å²) in [5, 5.41) is 136. The first-order valence-corrected chi connectivity index (χ1v) is 15.1. The summed E-state index contributed by atoms with van der Waals surface area (Å²) in [5.41, 5.74) is 0. The molecule has 0 bridgehead atoms. The molecule has 4 fully saturated rings. The Labute approximate surface area is 272 Å². The van der Waals surface area contributed by atoms with Crippen LogP contribution in [0.3, 0.4) is 0 Å². The Morgan fingerprint density at radius 1 is 0.542 bits per heavy atom. The summed E-state index contributed by atoms with van der Waals surface area (Å²) in [6.07, 6.45) is -33.8. The lowest BCUT2D eigenvalue weighted by Gasteiger charge is -2.48. The average Bonchev–Trinajstić information content (AvgIpc) is 3.06. The van der Waals surface area contributed by atoms with Crippen LogP contribution >= 0.6 is 0 Å². The molecule has 1 unspecified atom stereocenters. The van der Waals surface area contributed by atoms with Crippen LogP contribution in [0.2, 0.25) is 0 Å². The van der Waals surface area contributed by atoms with Gasteiger partial charge in [-0.3, -0.25) is 4.79 Å². The largest absolute Gasteiger partial charge is 0.394 e. The lowest BCUT2D eigenvalue weighted by molar-refractivity contribution is -0.382. The molecule has 0 aliphatic carbocycles. The molecule has 4 rings (SSSR count). The number of aliphatic hydroxyl groups is 13. The zero-order valence-corrected chi connectivity index (χ0v) is 25.5. The summed E-state index contributed by atoms with van der Waals surface area (Å²) in [6.45, 7) is -2.11. The zero-order valence-electron chi connectivity index (χ0n) is 25.5. The standard InChI is InChI=1S/C26H45NO21/c1-6(31)27-11-15(35)12(32)7(2-28)44-24(11)42-5-10-14(34)22(48-25-19(39)16(36)13(33)8(3-29)45-25)20(40)26(46-10)47-21-9(4-30)43-23(41)18(38)17(21)37/h7-26,28-30,32-41H,2-5H2,1H3,(H,27,31)/t7-,8-,9-,10-,11-,12-,13+,14+,15-,16+,17-,18-,19-,20-,21-,22+,23?,24-,25+,26+/m1/s1. The molecule has 0 radical (unpaired) electrons. The normalized spacial score (nSPS) is 50.2. The van der Waals surface area contributed by atoms with Gasteiger partial charge in [-0.05, 0) is 0 Å². The second kappa shape index (κ2) is 16.8. The van der Waals surface area contributed by atoms with E-state index in [1.54, 1.807) is 0 Å². The first-order valence-electron chi connectivity index (χ1n) is 15.1. The van der Waals surface area contributed by atoms with Crippen molar-refractivity contribution in [3.63, 3.8) is 0 Å². The van der Waals surface area contributed by atoms with E-state index in [4.69, 9.17) is 33.2 Å². The van der Waals surface area contributed by atoms with Crippen molar-refractivity contribution in [2.24, 2.45) is 0 Å². The lowest BCUT2D eigenvalue weighted by Crippen LogP contribution is -2.67. The molecule has 4 saturated heterocycles. The van der Waals surface area contributed by atoms with Crippen molar-refractivity contribution in [1.29, 1.82) is 0 Å². The molecule has 0 aromatic carbocycles. The monoisotopic (exact) mass is 707 g/mol. The summed E-state index contributed by atoms with van der Waals surface area (Å²) in [7, 11) is 0. The minimum Gasteiger partial charge on any atom is -0.394 e. The van der Waals surface area contributed by atoms with Gasteiger partial charge in [-0.1, -0.05) is 0 Å². The fourth-order valence-electron chi connectivity index (χ4n) is 5.84. The maximum atomic E-state index is 11.8. The number of hydrogen-bond acceptors (Lipinski definition) is 21. The molecule has 22 nitrogen and oxygen atoms in total.